The van der Waals surface area contributed by atoms with Crippen LogP contribution in [0, 0.1) is 0 Å². The van der Waals surface area contributed by atoms with Crippen molar-refractivity contribution in [2.75, 3.05) is 13.2 Å². The number of aliphatic hydroxyl groups excluding tert-OH is 5. The summed E-state index contributed by atoms with van der Waals surface area (Å²) in [5.74, 6) is -1.26. The third-order valence-corrected chi connectivity index (χ3v) is 13.3. The van der Waals surface area contributed by atoms with E-state index < -0.39 is 67.4 Å². The van der Waals surface area contributed by atoms with Crippen LogP contribution in [0.5, 0.6) is 0 Å². The number of aliphatic hydroxyl groups is 5. The molecule has 0 aliphatic carbocycles. The molecule has 68 heavy (non-hydrogen) atoms. The van der Waals surface area contributed by atoms with Crippen LogP contribution >= 0.6 is 0 Å². The Kier molecular flexibility index (Phi) is 43.2. The van der Waals surface area contributed by atoms with Gasteiger partial charge in [0.15, 0.2) is 12.4 Å². The summed E-state index contributed by atoms with van der Waals surface area (Å²) < 4.78 is 17.5. The van der Waals surface area contributed by atoms with Gasteiger partial charge >= 0.3 is 5.97 Å². The fraction of sp³-hybridized carbons (Fsp3) is 0.860. The first-order valence-electron chi connectivity index (χ1n) is 28.3. The van der Waals surface area contributed by atoms with Gasteiger partial charge in [-0.3, -0.25) is 9.59 Å². The van der Waals surface area contributed by atoms with Gasteiger partial charge in [-0.2, -0.15) is 0 Å². The summed E-state index contributed by atoms with van der Waals surface area (Å²) in [6.07, 6.45) is 42.1. The Labute approximate surface area is 415 Å². The van der Waals surface area contributed by atoms with Crippen molar-refractivity contribution < 1.29 is 49.3 Å². The molecule has 1 saturated heterocycles. The molecule has 6 N–H and O–H groups in total. The highest BCUT2D eigenvalue weighted by Crippen LogP contribution is 2.26. The smallest absolute Gasteiger partial charge is 0.306 e. The van der Waals surface area contributed by atoms with E-state index in [1.165, 1.54) is 161 Å². The van der Waals surface area contributed by atoms with Crippen LogP contribution in [0.1, 0.15) is 252 Å². The molecule has 0 aromatic carbocycles. The normalized spacial score (nSPS) is 20.1. The SMILES string of the molecule is CCCCCCCC/C=C\C/C=C/CC(O)C(=O)NC(COC1OC(CO)C(O)C(O)C1OC(=O)CCCCCCCCCCCCCCCC)C(O)/C=C/CCCCCCCCCCCCC. The number of hydrogen-bond donors (Lipinski definition) is 6. The van der Waals surface area contributed by atoms with Gasteiger partial charge in [0.2, 0.25) is 5.91 Å². The molecule has 0 spiro atoms. The highest BCUT2D eigenvalue weighted by Gasteiger charge is 2.47. The van der Waals surface area contributed by atoms with Crippen LogP contribution in [0.2, 0.25) is 0 Å². The quantitative estimate of drug-likeness (QED) is 0.0196. The summed E-state index contributed by atoms with van der Waals surface area (Å²) in [7, 11) is 0. The number of rotatable bonds is 47. The van der Waals surface area contributed by atoms with Crippen LogP contribution in [0.15, 0.2) is 36.5 Å². The fourth-order valence-electron chi connectivity index (χ4n) is 8.75. The summed E-state index contributed by atoms with van der Waals surface area (Å²) in [6, 6.07) is -1.05. The first-order chi connectivity index (χ1) is 33.2. The second kappa shape index (κ2) is 46.0. The number of carbonyl (C=O) groups is 2. The molecule has 398 valence electrons. The highest BCUT2D eigenvalue weighted by molar-refractivity contribution is 5.81. The van der Waals surface area contributed by atoms with E-state index in [0.717, 1.165) is 44.9 Å². The molecule has 1 aliphatic rings. The van der Waals surface area contributed by atoms with Gasteiger partial charge in [0.05, 0.1) is 25.4 Å². The first-order valence-corrected chi connectivity index (χ1v) is 28.3. The van der Waals surface area contributed by atoms with Crippen molar-refractivity contribution in [3.8, 4) is 0 Å². The van der Waals surface area contributed by atoms with E-state index in [1.807, 2.05) is 12.2 Å². The number of hydrogen-bond acceptors (Lipinski definition) is 10. The van der Waals surface area contributed by atoms with E-state index in [4.69, 9.17) is 14.2 Å². The van der Waals surface area contributed by atoms with E-state index in [1.54, 1.807) is 12.2 Å². The van der Waals surface area contributed by atoms with E-state index in [0.29, 0.717) is 12.8 Å². The van der Waals surface area contributed by atoms with Crippen molar-refractivity contribution in [3.63, 3.8) is 0 Å². The molecule has 1 amide bonds. The molecule has 1 rings (SSSR count). The largest absolute Gasteiger partial charge is 0.454 e. The molecular formula is C57H105NO10. The molecular weight excluding hydrogens is 859 g/mol. The van der Waals surface area contributed by atoms with Crippen LogP contribution in [-0.2, 0) is 23.8 Å². The lowest BCUT2D eigenvalue weighted by Crippen LogP contribution is -2.61. The molecule has 0 bridgehead atoms. The summed E-state index contributed by atoms with van der Waals surface area (Å²) in [5, 5.41) is 56.6. The predicted octanol–water partition coefficient (Wildman–Crippen LogP) is 12.3. The Morgan fingerprint density at radius 1 is 0.574 bits per heavy atom. The van der Waals surface area contributed by atoms with Crippen molar-refractivity contribution >= 4 is 11.9 Å². The van der Waals surface area contributed by atoms with Gasteiger partial charge in [0.1, 0.15) is 24.4 Å². The lowest BCUT2D eigenvalue weighted by Gasteiger charge is -2.41. The zero-order chi connectivity index (χ0) is 49.7. The number of carbonyl (C=O) groups excluding carboxylic acids is 2. The maximum Gasteiger partial charge on any atom is 0.306 e. The van der Waals surface area contributed by atoms with Crippen molar-refractivity contribution in [2.24, 2.45) is 0 Å². The molecule has 1 fully saturated rings. The van der Waals surface area contributed by atoms with Crippen LogP contribution in [0.4, 0.5) is 0 Å². The summed E-state index contributed by atoms with van der Waals surface area (Å²) in [6.45, 7) is 5.73. The van der Waals surface area contributed by atoms with E-state index in [-0.39, 0.29) is 19.4 Å². The number of nitrogens with one attached hydrogen (secondary N) is 1. The molecule has 0 saturated carbocycles. The summed E-state index contributed by atoms with van der Waals surface area (Å²) in [4.78, 5) is 26.4. The maximum atomic E-state index is 13.3. The summed E-state index contributed by atoms with van der Waals surface area (Å²) >= 11 is 0. The lowest BCUT2D eigenvalue weighted by atomic mass is 9.99. The van der Waals surface area contributed by atoms with E-state index in [2.05, 4.69) is 38.2 Å². The van der Waals surface area contributed by atoms with Crippen molar-refractivity contribution in [3.05, 3.63) is 36.5 Å². The van der Waals surface area contributed by atoms with Gasteiger partial charge in [0, 0.05) is 12.8 Å². The van der Waals surface area contributed by atoms with Gasteiger partial charge in [-0.05, 0) is 38.5 Å². The van der Waals surface area contributed by atoms with E-state index in [9.17, 15) is 35.1 Å². The molecule has 11 heteroatoms. The number of ether oxygens (including phenoxy) is 3. The molecule has 0 aromatic heterocycles. The Morgan fingerprint density at radius 3 is 1.50 bits per heavy atom. The van der Waals surface area contributed by atoms with Crippen LogP contribution in [-0.4, -0.2) is 99.6 Å². The zero-order valence-corrected chi connectivity index (χ0v) is 43.7. The van der Waals surface area contributed by atoms with Crippen molar-refractivity contribution in [1.29, 1.82) is 0 Å². The Hall–Kier alpha value is -2.12. The molecule has 1 heterocycles. The van der Waals surface area contributed by atoms with Crippen LogP contribution < -0.4 is 5.32 Å². The Balaban J connectivity index is 2.78. The zero-order valence-electron chi connectivity index (χ0n) is 43.7. The summed E-state index contributed by atoms with van der Waals surface area (Å²) in [5.41, 5.74) is 0. The highest BCUT2D eigenvalue weighted by atomic mass is 16.7. The topological polar surface area (TPSA) is 175 Å². The van der Waals surface area contributed by atoms with Gasteiger partial charge in [-0.25, -0.2) is 0 Å². The Bertz CT molecular complexity index is 1240. The third-order valence-electron chi connectivity index (χ3n) is 13.3. The van der Waals surface area contributed by atoms with Gasteiger partial charge in [0.25, 0.3) is 0 Å². The minimum atomic E-state index is -1.62. The second-order valence-corrected chi connectivity index (χ2v) is 19.7. The van der Waals surface area contributed by atoms with Crippen molar-refractivity contribution in [1.82, 2.24) is 5.32 Å². The average Bonchev–Trinajstić information content (AvgIpc) is 3.33. The van der Waals surface area contributed by atoms with Crippen molar-refractivity contribution in [2.45, 2.75) is 301 Å². The molecule has 0 radical (unpaired) electrons. The molecule has 0 aromatic rings. The number of amides is 1. The van der Waals surface area contributed by atoms with Gasteiger partial charge < -0.3 is 45.1 Å². The van der Waals surface area contributed by atoms with Crippen LogP contribution in [0.3, 0.4) is 0 Å². The monoisotopic (exact) mass is 964 g/mol. The number of allylic oxidation sites excluding steroid dienone is 4. The molecule has 11 nitrogen and oxygen atoms in total. The van der Waals surface area contributed by atoms with Crippen LogP contribution in [0.25, 0.3) is 0 Å². The molecule has 8 atom stereocenters. The van der Waals surface area contributed by atoms with E-state index >= 15 is 0 Å². The second-order valence-electron chi connectivity index (χ2n) is 19.7. The number of esters is 1. The third kappa shape index (κ3) is 34.2. The molecule has 8 unspecified atom stereocenters. The minimum absolute atomic E-state index is 0.0841. The standard InChI is InChI=1S/C57H105NO10/c1-4-7-10-13-16-19-22-25-27-30-33-36-39-42-45-52(62)68-55-54(64)53(63)51(46-59)67-57(55)66-47-48(49(60)43-40-37-34-31-29-26-23-20-17-14-11-8-5-2)58-56(65)50(61)44-41-38-35-32-28-24-21-18-15-12-9-6-3/h28,32,38,40-41,43,48-51,53-55,57,59-61,63-64H,4-27,29-31,33-37,39,42,44-47H2,1-3H3,(H,58,65)/b32-28-,41-38+,43-40+. The lowest BCUT2D eigenvalue weighted by molar-refractivity contribution is -0.305. The first kappa shape index (κ1) is 63.9. The number of unbranched alkanes of at least 4 members (excludes halogenated alkanes) is 30. The fourth-order valence-corrected chi connectivity index (χ4v) is 8.75. The Morgan fingerprint density at radius 2 is 1.01 bits per heavy atom. The van der Waals surface area contributed by atoms with Gasteiger partial charge in [-0.15, -0.1) is 0 Å². The maximum absolute atomic E-state index is 13.3. The predicted molar refractivity (Wildman–Crippen MR) is 278 cm³/mol. The molecule has 1 aliphatic heterocycles. The minimum Gasteiger partial charge on any atom is -0.454 e. The van der Waals surface area contributed by atoms with Gasteiger partial charge in [-0.1, -0.05) is 237 Å². The average molecular weight is 964 g/mol.